The molecule has 0 saturated carbocycles. The van der Waals surface area contributed by atoms with E-state index in [1.54, 1.807) is 4.90 Å². The zero-order valence-electron chi connectivity index (χ0n) is 18.1. The van der Waals surface area contributed by atoms with Gasteiger partial charge in [-0.2, -0.15) is 13.2 Å². The van der Waals surface area contributed by atoms with Crippen molar-refractivity contribution in [1.29, 1.82) is 0 Å². The molecule has 1 aliphatic rings. The number of halogens is 3. The van der Waals surface area contributed by atoms with E-state index in [0.29, 0.717) is 13.1 Å². The number of hydrogen-bond acceptors (Lipinski definition) is 3. The highest BCUT2D eigenvalue weighted by Gasteiger charge is 2.30. The van der Waals surface area contributed by atoms with Crippen molar-refractivity contribution in [2.45, 2.75) is 38.8 Å². The van der Waals surface area contributed by atoms with E-state index in [1.807, 2.05) is 11.9 Å². The number of unbranched alkanes of at least 4 members (excludes halogenated alkanes) is 1. The molecule has 170 valence electrons. The molecule has 2 amide bonds. The molecule has 1 aliphatic heterocycles. The van der Waals surface area contributed by atoms with Crippen molar-refractivity contribution in [3.8, 4) is 11.8 Å². The molecular formula is C23H30F3N3O2. The highest BCUT2D eigenvalue weighted by atomic mass is 19.4. The predicted molar refractivity (Wildman–Crippen MR) is 113 cm³/mol. The first-order chi connectivity index (χ1) is 14.7. The van der Waals surface area contributed by atoms with Crippen LogP contribution >= 0.6 is 0 Å². The molecule has 31 heavy (non-hydrogen) atoms. The van der Waals surface area contributed by atoms with E-state index in [2.05, 4.69) is 24.1 Å². The zero-order chi connectivity index (χ0) is 22.9. The molecule has 1 aromatic carbocycles. The minimum absolute atomic E-state index is 0.0134. The van der Waals surface area contributed by atoms with Crippen molar-refractivity contribution in [3.63, 3.8) is 0 Å². The van der Waals surface area contributed by atoms with Crippen LogP contribution in [-0.4, -0.2) is 61.4 Å². The van der Waals surface area contributed by atoms with Gasteiger partial charge >= 0.3 is 6.18 Å². The van der Waals surface area contributed by atoms with Gasteiger partial charge in [-0.3, -0.25) is 14.5 Å². The van der Waals surface area contributed by atoms with E-state index in [4.69, 9.17) is 0 Å². The average molecular weight is 438 g/mol. The lowest BCUT2D eigenvalue weighted by Gasteiger charge is -2.32. The van der Waals surface area contributed by atoms with Crippen LogP contribution in [0.2, 0.25) is 0 Å². The lowest BCUT2D eigenvalue weighted by molar-refractivity contribution is -0.138. The van der Waals surface area contributed by atoms with Gasteiger partial charge in [0.05, 0.1) is 18.7 Å². The molecule has 1 fully saturated rings. The summed E-state index contributed by atoms with van der Waals surface area (Å²) in [5.41, 5.74) is -0.499. The number of carbonyl (C=O) groups is 2. The molecule has 0 unspecified atom stereocenters. The Labute approximate surface area is 182 Å². The van der Waals surface area contributed by atoms with Crippen molar-refractivity contribution in [2.24, 2.45) is 5.92 Å². The van der Waals surface area contributed by atoms with Crippen LogP contribution in [0.1, 0.15) is 43.7 Å². The van der Waals surface area contributed by atoms with Crippen LogP contribution in [0.5, 0.6) is 0 Å². The number of nitrogens with zero attached hydrogens (tertiary/aromatic N) is 2. The van der Waals surface area contributed by atoms with Gasteiger partial charge in [-0.05, 0) is 50.6 Å². The first-order valence-corrected chi connectivity index (χ1v) is 10.6. The van der Waals surface area contributed by atoms with Gasteiger partial charge in [0.15, 0.2) is 0 Å². The Morgan fingerprint density at radius 2 is 1.97 bits per heavy atom. The molecule has 5 nitrogen and oxygen atoms in total. The molecule has 0 aromatic heterocycles. The minimum Gasteiger partial charge on any atom is -0.346 e. The Hall–Kier alpha value is -2.53. The number of piperidine rings is 1. The van der Waals surface area contributed by atoms with Crippen molar-refractivity contribution in [2.75, 3.05) is 39.8 Å². The molecule has 1 N–H and O–H groups in total. The Morgan fingerprint density at radius 1 is 1.26 bits per heavy atom. The van der Waals surface area contributed by atoms with Crippen LogP contribution in [0.3, 0.4) is 0 Å². The fourth-order valence-corrected chi connectivity index (χ4v) is 3.48. The number of amides is 2. The number of hydrogen-bond donors (Lipinski definition) is 1. The molecule has 8 heteroatoms. The largest absolute Gasteiger partial charge is 0.416 e. The van der Waals surface area contributed by atoms with Gasteiger partial charge in [0, 0.05) is 25.1 Å². The molecule has 0 radical (unpaired) electrons. The van der Waals surface area contributed by atoms with Gasteiger partial charge in [0.25, 0.3) is 0 Å². The fourth-order valence-electron chi connectivity index (χ4n) is 3.48. The zero-order valence-corrected chi connectivity index (χ0v) is 18.1. The number of alkyl halides is 3. The van der Waals surface area contributed by atoms with Crippen LogP contribution in [0.15, 0.2) is 24.3 Å². The summed E-state index contributed by atoms with van der Waals surface area (Å²) >= 11 is 0. The maximum absolute atomic E-state index is 12.7. The number of nitrogens with one attached hydrogen (secondary N) is 1. The Bertz CT molecular complexity index is 806. The van der Waals surface area contributed by atoms with E-state index >= 15 is 0 Å². The molecule has 1 aromatic rings. The van der Waals surface area contributed by atoms with Crippen LogP contribution < -0.4 is 5.32 Å². The molecule has 1 heterocycles. The number of likely N-dealkylation sites (tertiary alicyclic amines) is 1. The second-order valence-corrected chi connectivity index (χ2v) is 7.82. The van der Waals surface area contributed by atoms with Crippen LogP contribution in [-0.2, 0) is 15.8 Å². The summed E-state index contributed by atoms with van der Waals surface area (Å²) in [6, 6.07) is 4.78. The Kier molecular flexibility index (Phi) is 9.38. The van der Waals surface area contributed by atoms with E-state index in [-0.39, 0.29) is 36.4 Å². The molecule has 0 spiro atoms. The van der Waals surface area contributed by atoms with Gasteiger partial charge in [0.2, 0.25) is 11.8 Å². The topological polar surface area (TPSA) is 52.7 Å². The summed E-state index contributed by atoms with van der Waals surface area (Å²) in [4.78, 5) is 28.4. The molecule has 0 atom stereocenters. The average Bonchev–Trinajstić information content (AvgIpc) is 2.74. The molecule has 2 rings (SSSR count). The Morgan fingerprint density at radius 3 is 2.61 bits per heavy atom. The third-order valence-corrected chi connectivity index (χ3v) is 5.32. The first kappa shape index (κ1) is 24.7. The van der Waals surface area contributed by atoms with Crippen molar-refractivity contribution >= 4 is 11.8 Å². The minimum atomic E-state index is -4.41. The number of rotatable bonds is 7. The van der Waals surface area contributed by atoms with Gasteiger partial charge in [-0.25, -0.2) is 0 Å². The molecule has 0 bridgehead atoms. The van der Waals surface area contributed by atoms with E-state index in [1.165, 1.54) is 12.1 Å². The normalized spacial score (nSPS) is 15.1. The molecular weight excluding hydrogens is 407 g/mol. The summed E-state index contributed by atoms with van der Waals surface area (Å²) in [6.07, 6.45) is -0.891. The number of carbonyl (C=O) groups excluding carboxylic acids is 2. The summed E-state index contributed by atoms with van der Waals surface area (Å²) in [5, 5.41) is 2.67. The van der Waals surface area contributed by atoms with Gasteiger partial charge in [-0.1, -0.05) is 31.3 Å². The standard InChI is InChI=1S/C23H30F3N3O2/c1-3-4-13-28(2)22(31)19-10-14-29(15-11-19)17-21(30)27-12-6-8-18-7-5-9-20(16-18)23(24,25)26/h5,7,9,16,19H,3-4,10-15,17H2,1-2H3,(H,27,30). The lowest BCUT2D eigenvalue weighted by atomic mass is 9.95. The third kappa shape index (κ3) is 8.25. The van der Waals surface area contributed by atoms with Crippen molar-refractivity contribution in [3.05, 3.63) is 35.4 Å². The smallest absolute Gasteiger partial charge is 0.346 e. The van der Waals surface area contributed by atoms with E-state index < -0.39 is 11.7 Å². The van der Waals surface area contributed by atoms with Crippen molar-refractivity contribution < 1.29 is 22.8 Å². The quantitative estimate of drug-likeness (QED) is 0.667. The maximum Gasteiger partial charge on any atom is 0.416 e. The van der Waals surface area contributed by atoms with Crippen molar-refractivity contribution in [1.82, 2.24) is 15.1 Å². The SMILES string of the molecule is CCCCN(C)C(=O)C1CCN(CC(=O)NCC#Cc2cccc(C(F)(F)F)c2)CC1. The maximum atomic E-state index is 12.7. The fraction of sp³-hybridized carbons (Fsp3) is 0.565. The summed E-state index contributed by atoms with van der Waals surface area (Å²) in [7, 11) is 1.85. The highest BCUT2D eigenvalue weighted by molar-refractivity contribution is 5.79. The summed E-state index contributed by atoms with van der Waals surface area (Å²) < 4.78 is 38.1. The van der Waals surface area contributed by atoms with Crippen LogP contribution in [0, 0.1) is 17.8 Å². The summed E-state index contributed by atoms with van der Waals surface area (Å²) in [6.45, 7) is 4.52. The Balaban J connectivity index is 1.72. The second-order valence-electron chi connectivity index (χ2n) is 7.82. The van der Waals surface area contributed by atoms with Gasteiger partial charge in [-0.15, -0.1) is 0 Å². The predicted octanol–water partition coefficient (Wildman–Crippen LogP) is 3.14. The molecule has 0 aliphatic carbocycles. The lowest BCUT2D eigenvalue weighted by Crippen LogP contribution is -2.45. The van der Waals surface area contributed by atoms with E-state index in [9.17, 15) is 22.8 Å². The monoisotopic (exact) mass is 437 g/mol. The number of benzene rings is 1. The van der Waals surface area contributed by atoms with E-state index in [0.717, 1.165) is 44.4 Å². The third-order valence-electron chi connectivity index (χ3n) is 5.32. The van der Waals surface area contributed by atoms with Crippen LogP contribution in [0.25, 0.3) is 0 Å². The molecule has 1 saturated heterocycles. The highest BCUT2D eigenvalue weighted by Crippen LogP contribution is 2.29. The van der Waals surface area contributed by atoms with Crippen LogP contribution in [0.4, 0.5) is 13.2 Å². The van der Waals surface area contributed by atoms with Gasteiger partial charge < -0.3 is 10.2 Å². The first-order valence-electron chi connectivity index (χ1n) is 10.6. The van der Waals surface area contributed by atoms with Gasteiger partial charge in [0.1, 0.15) is 0 Å². The second kappa shape index (κ2) is 11.8. The summed E-state index contributed by atoms with van der Waals surface area (Å²) in [5.74, 6) is 5.33.